The molecule has 0 aliphatic carbocycles. The van der Waals surface area contributed by atoms with Crippen LogP contribution < -0.4 is 5.14 Å². The number of ketones is 1. The molecule has 1 rings (SSSR count). The molecule has 1 aromatic carbocycles. The third-order valence-corrected chi connectivity index (χ3v) is 3.51. The number of hydrogen-bond acceptors (Lipinski definition) is 3. The number of sulfonamides is 1. The van der Waals surface area contributed by atoms with Crippen LogP contribution in [-0.4, -0.2) is 14.2 Å². The van der Waals surface area contributed by atoms with E-state index in [1.54, 1.807) is 13.8 Å². The molecular formula is C11H14FNO3S. The van der Waals surface area contributed by atoms with Crippen LogP contribution in [0.4, 0.5) is 4.39 Å². The molecule has 1 unspecified atom stereocenters. The van der Waals surface area contributed by atoms with E-state index in [9.17, 15) is 17.6 Å². The average molecular weight is 259 g/mol. The van der Waals surface area contributed by atoms with Gasteiger partial charge in [0, 0.05) is 12.3 Å². The van der Waals surface area contributed by atoms with E-state index >= 15 is 0 Å². The van der Waals surface area contributed by atoms with Crippen molar-refractivity contribution in [2.75, 3.05) is 0 Å². The van der Waals surface area contributed by atoms with Crippen LogP contribution in [0.25, 0.3) is 0 Å². The number of Topliss-reactive ketones (excluding diaryl/α,β-unsaturated/α-hetero) is 1. The van der Waals surface area contributed by atoms with Crippen LogP contribution >= 0.6 is 0 Å². The third kappa shape index (κ3) is 3.10. The number of primary sulfonamides is 1. The van der Waals surface area contributed by atoms with Crippen molar-refractivity contribution in [2.45, 2.75) is 31.1 Å². The van der Waals surface area contributed by atoms with E-state index in [1.165, 1.54) is 12.1 Å². The Hall–Kier alpha value is -1.27. The molecule has 0 spiro atoms. The zero-order chi connectivity index (χ0) is 13.2. The van der Waals surface area contributed by atoms with Gasteiger partial charge in [-0.15, -0.1) is 0 Å². The summed E-state index contributed by atoms with van der Waals surface area (Å²) in [5, 5.41) is 4.88. The van der Waals surface area contributed by atoms with Crippen LogP contribution in [0.1, 0.15) is 31.7 Å². The highest BCUT2D eigenvalue weighted by Gasteiger charge is 2.19. The number of hydrogen-bond donors (Lipinski definition) is 1. The van der Waals surface area contributed by atoms with Gasteiger partial charge in [-0.05, 0) is 17.7 Å². The lowest BCUT2D eigenvalue weighted by molar-refractivity contribution is -0.119. The van der Waals surface area contributed by atoms with Crippen LogP contribution in [-0.2, 0) is 14.8 Å². The van der Waals surface area contributed by atoms with E-state index in [1.807, 2.05) is 0 Å². The smallest absolute Gasteiger partial charge is 0.238 e. The van der Waals surface area contributed by atoms with Gasteiger partial charge >= 0.3 is 0 Å². The van der Waals surface area contributed by atoms with Crippen LogP contribution in [0.2, 0.25) is 0 Å². The Labute approximate surface area is 99.7 Å². The highest BCUT2D eigenvalue weighted by Crippen LogP contribution is 2.23. The van der Waals surface area contributed by atoms with Gasteiger partial charge in [0.15, 0.2) is 0 Å². The van der Waals surface area contributed by atoms with Crippen LogP contribution in [0.15, 0.2) is 23.1 Å². The Morgan fingerprint density at radius 3 is 2.47 bits per heavy atom. The van der Waals surface area contributed by atoms with Crippen LogP contribution in [0, 0.1) is 5.82 Å². The minimum Gasteiger partial charge on any atom is -0.299 e. The number of halogens is 1. The summed E-state index contributed by atoms with van der Waals surface area (Å²) in [7, 11) is -3.92. The molecule has 1 atom stereocenters. The number of benzene rings is 1. The number of nitrogens with two attached hydrogens (primary N) is 1. The fourth-order valence-electron chi connectivity index (χ4n) is 1.52. The Morgan fingerprint density at radius 1 is 1.47 bits per heavy atom. The molecule has 0 saturated carbocycles. The normalized spacial score (nSPS) is 13.4. The van der Waals surface area contributed by atoms with Gasteiger partial charge in [-0.25, -0.2) is 17.9 Å². The minimum atomic E-state index is -3.92. The zero-order valence-corrected chi connectivity index (χ0v) is 10.4. The molecule has 0 saturated heterocycles. The maximum atomic E-state index is 13.7. The molecule has 4 nitrogen and oxygen atoms in total. The fourth-order valence-corrected chi connectivity index (χ4v) is 2.04. The second kappa shape index (κ2) is 4.93. The summed E-state index contributed by atoms with van der Waals surface area (Å²) in [6, 6.07) is 3.32. The maximum absolute atomic E-state index is 13.7. The molecule has 17 heavy (non-hydrogen) atoms. The lowest BCUT2D eigenvalue weighted by atomic mass is 9.95. The summed E-state index contributed by atoms with van der Waals surface area (Å²) in [6.07, 6.45) is 0.303. The lowest BCUT2D eigenvalue weighted by Gasteiger charge is -2.11. The van der Waals surface area contributed by atoms with Gasteiger partial charge in [-0.1, -0.05) is 19.9 Å². The van der Waals surface area contributed by atoms with E-state index < -0.39 is 21.8 Å². The van der Waals surface area contributed by atoms with Crippen LogP contribution in [0.5, 0.6) is 0 Å². The second-order valence-electron chi connectivity index (χ2n) is 3.77. The number of rotatable bonds is 4. The Bertz CT molecular complexity index is 540. The zero-order valence-electron chi connectivity index (χ0n) is 9.60. The molecule has 0 radical (unpaired) electrons. The lowest BCUT2D eigenvalue weighted by Crippen LogP contribution is -2.14. The first-order chi connectivity index (χ1) is 7.77. The molecule has 0 heterocycles. The van der Waals surface area contributed by atoms with Crippen molar-refractivity contribution < 1.29 is 17.6 Å². The van der Waals surface area contributed by atoms with Gasteiger partial charge in [-0.2, -0.15) is 0 Å². The van der Waals surface area contributed by atoms with E-state index in [0.29, 0.717) is 6.42 Å². The topological polar surface area (TPSA) is 77.2 Å². The first-order valence-corrected chi connectivity index (χ1v) is 6.67. The average Bonchev–Trinajstić information content (AvgIpc) is 2.25. The number of carbonyl (C=O) groups excluding carboxylic acids is 1. The summed E-state index contributed by atoms with van der Waals surface area (Å²) in [5.74, 6) is -1.42. The summed E-state index contributed by atoms with van der Waals surface area (Å²) < 4.78 is 35.7. The highest BCUT2D eigenvalue weighted by atomic mass is 32.2. The van der Waals surface area contributed by atoms with Crippen molar-refractivity contribution in [3.05, 3.63) is 29.6 Å². The summed E-state index contributed by atoms with van der Waals surface area (Å²) in [6.45, 7) is 3.27. The predicted octanol–water partition coefficient (Wildman–Crippen LogP) is 1.56. The molecule has 0 amide bonds. The van der Waals surface area contributed by atoms with E-state index in [4.69, 9.17) is 5.14 Å². The van der Waals surface area contributed by atoms with Crippen molar-refractivity contribution in [1.29, 1.82) is 0 Å². The second-order valence-corrected chi connectivity index (χ2v) is 5.33. The largest absolute Gasteiger partial charge is 0.299 e. The predicted molar refractivity (Wildman–Crippen MR) is 61.5 cm³/mol. The van der Waals surface area contributed by atoms with Gasteiger partial charge in [0.25, 0.3) is 0 Å². The Balaban J connectivity index is 3.19. The number of carbonyl (C=O) groups is 1. The third-order valence-electron chi connectivity index (χ3n) is 2.60. The molecule has 0 aliphatic rings. The quantitative estimate of drug-likeness (QED) is 0.891. The molecule has 6 heteroatoms. The van der Waals surface area contributed by atoms with Crippen molar-refractivity contribution in [1.82, 2.24) is 0 Å². The summed E-state index contributed by atoms with van der Waals surface area (Å²) in [5.41, 5.74) is 0.184. The molecule has 0 aliphatic heterocycles. The maximum Gasteiger partial charge on any atom is 0.238 e. The van der Waals surface area contributed by atoms with Crippen molar-refractivity contribution >= 4 is 15.8 Å². The minimum absolute atomic E-state index is 0.104. The standard InChI is InChI=1S/C11H14FNO3S/c1-3-11(14)7(2)9-5-4-8(6-10(9)12)17(13,15)16/h4-7H,3H2,1-2H3,(H2,13,15,16). The molecule has 0 bridgehead atoms. The molecule has 94 valence electrons. The fraction of sp³-hybridized carbons (Fsp3) is 0.364. The Kier molecular flexibility index (Phi) is 4.00. The van der Waals surface area contributed by atoms with E-state index in [-0.39, 0.29) is 16.2 Å². The molecule has 0 fully saturated rings. The highest BCUT2D eigenvalue weighted by molar-refractivity contribution is 7.89. The Morgan fingerprint density at radius 2 is 2.06 bits per heavy atom. The monoisotopic (exact) mass is 259 g/mol. The van der Waals surface area contributed by atoms with Crippen molar-refractivity contribution in [3.63, 3.8) is 0 Å². The van der Waals surface area contributed by atoms with Gasteiger partial charge < -0.3 is 0 Å². The van der Waals surface area contributed by atoms with Gasteiger partial charge in [0.1, 0.15) is 11.6 Å². The summed E-state index contributed by atoms with van der Waals surface area (Å²) >= 11 is 0. The summed E-state index contributed by atoms with van der Waals surface area (Å²) in [4.78, 5) is 11.1. The van der Waals surface area contributed by atoms with Crippen molar-refractivity contribution in [2.24, 2.45) is 5.14 Å². The van der Waals surface area contributed by atoms with Crippen molar-refractivity contribution in [3.8, 4) is 0 Å². The molecule has 1 aromatic rings. The molecular weight excluding hydrogens is 245 g/mol. The molecule has 0 aromatic heterocycles. The van der Waals surface area contributed by atoms with Gasteiger partial charge in [0.05, 0.1) is 4.90 Å². The van der Waals surface area contributed by atoms with E-state index in [0.717, 1.165) is 6.07 Å². The van der Waals surface area contributed by atoms with E-state index in [2.05, 4.69) is 0 Å². The first kappa shape index (κ1) is 13.8. The SMILES string of the molecule is CCC(=O)C(C)c1ccc(S(N)(=O)=O)cc1F. The van der Waals surface area contributed by atoms with Gasteiger partial charge in [-0.3, -0.25) is 4.79 Å². The first-order valence-electron chi connectivity index (χ1n) is 5.12. The van der Waals surface area contributed by atoms with Gasteiger partial charge in [0.2, 0.25) is 10.0 Å². The van der Waals surface area contributed by atoms with Crippen LogP contribution in [0.3, 0.4) is 0 Å². The molecule has 2 N–H and O–H groups in total.